The summed E-state index contributed by atoms with van der Waals surface area (Å²) in [6, 6.07) is 12.3. The summed E-state index contributed by atoms with van der Waals surface area (Å²) in [5, 5.41) is 14.9. The van der Waals surface area contributed by atoms with E-state index in [0.717, 1.165) is 10.7 Å². The fraction of sp³-hybridized carbons (Fsp3) is 0. The van der Waals surface area contributed by atoms with Crippen LogP contribution in [0.25, 0.3) is 5.65 Å². The molecular weight excluding hydrogens is 248 g/mol. The second-order valence-corrected chi connectivity index (χ2v) is 3.73. The topological polar surface area (TPSA) is 82.6 Å². The number of rotatable bonds is 3. The van der Waals surface area contributed by atoms with Gasteiger partial charge in [-0.2, -0.15) is 0 Å². The molecule has 7 heteroatoms. The lowest BCUT2D eigenvalue weighted by Crippen LogP contribution is -1.99. The van der Waals surface area contributed by atoms with Gasteiger partial charge >= 0.3 is 5.82 Å². The number of nitrogens with zero attached hydrogens (tertiary/aromatic N) is 4. The maximum absolute atomic E-state index is 10.8. The van der Waals surface area contributed by atoms with E-state index in [1.165, 1.54) is 0 Å². The Morgan fingerprint density at radius 1 is 1.16 bits per heavy atom. The summed E-state index contributed by atoms with van der Waals surface area (Å²) < 4.78 is 6.65. The third kappa shape index (κ3) is 2.08. The summed E-state index contributed by atoms with van der Waals surface area (Å²) in [6.07, 6.45) is 1.16. The molecule has 0 saturated carbocycles. The van der Waals surface area contributed by atoms with Crippen LogP contribution in [0.1, 0.15) is 0 Å². The van der Waals surface area contributed by atoms with E-state index in [0.29, 0.717) is 11.4 Å². The highest BCUT2D eigenvalue weighted by atomic mass is 16.6. The SMILES string of the molecule is O=[N+]([O-])c1cnc2ccc(Oc3ccccc3)nn12. The van der Waals surface area contributed by atoms with E-state index >= 15 is 0 Å². The zero-order valence-corrected chi connectivity index (χ0v) is 9.63. The molecule has 3 rings (SSSR count). The van der Waals surface area contributed by atoms with Crippen LogP contribution in [0.2, 0.25) is 0 Å². The molecule has 2 heterocycles. The Morgan fingerprint density at radius 2 is 1.95 bits per heavy atom. The highest BCUT2D eigenvalue weighted by molar-refractivity contribution is 5.44. The van der Waals surface area contributed by atoms with Crippen LogP contribution >= 0.6 is 0 Å². The molecule has 0 saturated heterocycles. The molecule has 0 amide bonds. The lowest BCUT2D eigenvalue weighted by molar-refractivity contribution is -0.391. The normalized spacial score (nSPS) is 10.5. The minimum Gasteiger partial charge on any atom is -0.436 e. The Labute approximate surface area is 107 Å². The van der Waals surface area contributed by atoms with Gasteiger partial charge in [0.2, 0.25) is 5.65 Å². The first kappa shape index (κ1) is 11.1. The van der Waals surface area contributed by atoms with Gasteiger partial charge in [-0.25, -0.2) is 4.98 Å². The number of para-hydroxylation sites is 1. The highest BCUT2D eigenvalue weighted by Crippen LogP contribution is 2.20. The Morgan fingerprint density at radius 3 is 2.68 bits per heavy atom. The van der Waals surface area contributed by atoms with Crippen LogP contribution in [-0.4, -0.2) is 19.5 Å². The molecule has 0 aliphatic rings. The van der Waals surface area contributed by atoms with Crippen molar-refractivity contribution < 1.29 is 9.66 Å². The van der Waals surface area contributed by atoms with Crippen LogP contribution in [-0.2, 0) is 0 Å². The molecule has 1 aromatic carbocycles. The predicted octanol–water partition coefficient (Wildman–Crippen LogP) is 2.43. The number of aromatic nitrogens is 3. The van der Waals surface area contributed by atoms with Crippen molar-refractivity contribution in [2.45, 2.75) is 0 Å². The molecule has 0 N–H and O–H groups in total. The summed E-state index contributed by atoms with van der Waals surface area (Å²) in [5.41, 5.74) is 0.395. The maximum Gasteiger partial charge on any atom is 0.368 e. The zero-order valence-electron chi connectivity index (χ0n) is 9.63. The van der Waals surface area contributed by atoms with E-state index in [9.17, 15) is 10.1 Å². The lowest BCUT2D eigenvalue weighted by Gasteiger charge is -2.02. The van der Waals surface area contributed by atoms with Crippen LogP contribution in [0.15, 0.2) is 48.7 Å². The van der Waals surface area contributed by atoms with Crippen LogP contribution in [0, 0.1) is 10.1 Å². The van der Waals surface area contributed by atoms with Crippen molar-refractivity contribution in [3.63, 3.8) is 0 Å². The van der Waals surface area contributed by atoms with Gasteiger partial charge in [-0.15, -0.1) is 0 Å². The van der Waals surface area contributed by atoms with E-state index in [2.05, 4.69) is 10.1 Å². The molecule has 0 unspecified atom stereocenters. The second-order valence-electron chi connectivity index (χ2n) is 3.73. The Bertz CT molecular complexity index is 739. The minimum atomic E-state index is -0.542. The van der Waals surface area contributed by atoms with Crippen molar-refractivity contribution in [1.29, 1.82) is 0 Å². The van der Waals surface area contributed by atoms with Gasteiger partial charge in [0.1, 0.15) is 11.9 Å². The van der Waals surface area contributed by atoms with Crippen molar-refractivity contribution in [2.75, 3.05) is 0 Å². The second kappa shape index (κ2) is 4.37. The van der Waals surface area contributed by atoms with Crippen molar-refractivity contribution in [3.05, 3.63) is 58.8 Å². The van der Waals surface area contributed by atoms with Crippen molar-refractivity contribution in [1.82, 2.24) is 14.6 Å². The molecule has 0 atom stereocenters. The fourth-order valence-corrected chi connectivity index (χ4v) is 1.63. The third-order valence-corrected chi connectivity index (χ3v) is 2.47. The summed E-state index contributed by atoms with van der Waals surface area (Å²) in [7, 11) is 0. The number of nitro groups is 1. The van der Waals surface area contributed by atoms with E-state index < -0.39 is 4.92 Å². The molecule has 0 aliphatic heterocycles. The Hall–Kier alpha value is -2.96. The predicted molar refractivity (Wildman–Crippen MR) is 66.2 cm³/mol. The van der Waals surface area contributed by atoms with Crippen molar-refractivity contribution >= 4 is 11.5 Å². The monoisotopic (exact) mass is 256 g/mol. The zero-order chi connectivity index (χ0) is 13.2. The van der Waals surface area contributed by atoms with Crippen LogP contribution < -0.4 is 4.74 Å². The number of imidazole rings is 1. The van der Waals surface area contributed by atoms with E-state index in [1.54, 1.807) is 24.3 Å². The fourth-order valence-electron chi connectivity index (χ4n) is 1.63. The van der Waals surface area contributed by atoms with Crippen molar-refractivity contribution in [3.8, 4) is 11.6 Å². The van der Waals surface area contributed by atoms with E-state index in [-0.39, 0.29) is 11.7 Å². The first-order valence-electron chi connectivity index (χ1n) is 5.46. The lowest BCUT2D eigenvalue weighted by atomic mass is 10.3. The van der Waals surface area contributed by atoms with Gasteiger partial charge in [0, 0.05) is 12.1 Å². The molecule has 0 radical (unpaired) electrons. The average molecular weight is 256 g/mol. The first-order chi connectivity index (χ1) is 9.24. The molecule has 0 fully saturated rings. The van der Waals surface area contributed by atoms with Gasteiger partial charge < -0.3 is 14.9 Å². The molecule has 7 nitrogen and oxygen atoms in total. The number of hydrogen-bond donors (Lipinski definition) is 0. The highest BCUT2D eigenvalue weighted by Gasteiger charge is 2.16. The molecule has 94 valence electrons. The van der Waals surface area contributed by atoms with Crippen LogP contribution in [0.4, 0.5) is 5.82 Å². The quantitative estimate of drug-likeness (QED) is 0.531. The smallest absolute Gasteiger partial charge is 0.368 e. The standard InChI is InChI=1S/C12H8N4O3/c17-16(18)12-8-13-10-6-7-11(14-15(10)12)19-9-4-2-1-3-5-9/h1-8H. The van der Waals surface area contributed by atoms with Gasteiger partial charge in [-0.3, -0.25) is 0 Å². The summed E-state index contributed by atoms with van der Waals surface area (Å²) in [5.74, 6) is 0.672. The van der Waals surface area contributed by atoms with Crippen LogP contribution in [0.3, 0.4) is 0 Å². The summed E-state index contributed by atoms with van der Waals surface area (Å²) in [6.45, 7) is 0. The largest absolute Gasteiger partial charge is 0.436 e. The van der Waals surface area contributed by atoms with Gasteiger partial charge in [0.05, 0.1) is 0 Å². The molecule has 0 bridgehead atoms. The van der Waals surface area contributed by atoms with Gasteiger partial charge in [-0.05, 0) is 22.2 Å². The van der Waals surface area contributed by atoms with Gasteiger partial charge in [0.15, 0.2) is 0 Å². The van der Waals surface area contributed by atoms with Crippen LogP contribution in [0.5, 0.6) is 11.6 Å². The number of hydrogen-bond acceptors (Lipinski definition) is 5. The van der Waals surface area contributed by atoms with Gasteiger partial charge in [0.25, 0.3) is 5.88 Å². The molecule has 3 aromatic rings. The van der Waals surface area contributed by atoms with E-state index in [1.807, 2.05) is 18.2 Å². The Balaban J connectivity index is 2.01. The molecular formula is C12H8N4O3. The molecule has 0 spiro atoms. The number of benzene rings is 1. The number of fused-ring (bicyclic) bond motifs is 1. The maximum atomic E-state index is 10.8. The molecule has 0 aliphatic carbocycles. The third-order valence-electron chi connectivity index (χ3n) is 2.47. The average Bonchev–Trinajstić information content (AvgIpc) is 2.83. The summed E-state index contributed by atoms with van der Waals surface area (Å²) in [4.78, 5) is 14.2. The number of ether oxygens (including phenoxy) is 1. The molecule has 19 heavy (non-hydrogen) atoms. The Kier molecular flexibility index (Phi) is 2.57. The van der Waals surface area contributed by atoms with Crippen molar-refractivity contribution in [2.24, 2.45) is 0 Å². The minimum absolute atomic E-state index is 0.200. The summed E-state index contributed by atoms with van der Waals surface area (Å²) >= 11 is 0. The first-order valence-corrected chi connectivity index (χ1v) is 5.46. The van der Waals surface area contributed by atoms with E-state index in [4.69, 9.17) is 4.74 Å². The van der Waals surface area contributed by atoms with Gasteiger partial charge in [-0.1, -0.05) is 22.7 Å². The molecule has 2 aromatic heterocycles.